The average molecular weight is 354 g/mol. The van der Waals surface area contributed by atoms with Gasteiger partial charge in [0.25, 0.3) is 0 Å². The fourth-order valence-corrected chi connectivity index (χ4v) is 3.27. The fraction of sp³-hybridized carbons (Fsp3) is 0.278. The van der Waals surface area contributed by atoms with Gasteiger partial charge in [-0.2, -0.15) is 5.10 Å². The number of thiophene rings is 1. The molecule has 3 N–H and O–H groups in total. The van der Waals surface area contributed by atoms with Gasteiger partial charge < -0.3 is 10.6 Å². The number of hydrogen-bond donors (Lipinski definition) is 3. The number of rotatable bonds is 6. The molecule has 0 aliphatic carbocycles. The van der Waals surface area contributed by atoms with Crippen LogP contribution in [0.4, 0.5) is 0 Å². The summed E-state index contributed by atoms with van der Waals surface area (Å²) in [4.78, 5) is 10.2. The third kappa shape index (κ3) is 4.67. The zero-order valence-electron chi connectivity index (χ0n) is 14.4. The molecular weight excluding hydrogens is 332 g/mol. The van der Waals surface area contributed by atoms with Crippen LogP contribution in [0.15, 0.2) is 47.0 Å². The molecule has 25 heavy (non-hydrogen) atoms. The Morgan fingerprint density at radius 3 is 2.92 bits per heavy atom. The molecule has 0 spiro atoms. The van der Waals surface area contributed by atoms with Crippen molar-refractivity contribution in [3.63, 3.8) is 0 Å². The Hall–Kier alpha value is -2.67. The number of benzene rings is 1. The molecule has 3 rings (SSSR count). The number of aromatic nitrogens is 3. The first-order valence-corrected chi connectivity index (χ1v) is 9.14. The number of nitrogens with one attached hydrogen (secondary N) is 3. The molecule has 130 valence electrons. The minimum Gasteiger partial charge on any atom is -0.357 e. The highest BCUT2D eigenvalue weighted by molar-refractivity contribution is 7.10. The van der Waals surface area contributed by atoms with E-state index in [4.69, 9.17) is 0 Å². The number of nitrogens with zero attached hydrogens (tertiary/aromatic N) is 3. The quantitative estimate of drug-likeness (QED) is 0.469. The van der Waals surface area contributed by atoms with E-state index in [1.54, 1.807) is 11.3 Å². The topological polar surface area (TPSA) is 78.0 Å². The number of H-pyrrole nitrogens is 1. The second-order valence-electron chi connectivity index (χ2n) is 5.61. The Labute approximate surface area is 151 Å². The standard InChI is InChI=1S/C18H22N6S/c1-3-19-18(21-11-16-13(2)7-8-25-16)20-10-14-5-4-6-15(9-14)17-22-12-23-24-17/h4-9,12H,3,10-11H2,1-2H3,(H2,19,20,21)(H,22,23,24). The van der Waals surface area contributed by atoms with E-state index in [0.717, 1.165) is 36.0 Å². The summed E-state index contributed by atoms with van der Waals surface area (Å²) in [6, 6.07) is 10.3. The second-order valence-corrected chi connectivity index (χ2v) is 6.61. The second kappa shape index (κ2) is 8.43. The molecule has 0 saturated carbocycles. The molecule has 0 unspecified atom stereocenters. The van der Waals surface area contributed by atoms with E-state index < -0.39 is 0 Å². The lowest BCUT2D eigenvalue weighted by Crippen LogP contribution is -2.36. The van der Waals surface area contributed by atoms with Crippen molar-refractivity contribution in [3.05, 3.63) is 58.0 Å². The van der Waals surface area contributed by atoms with Gasteiger partial charge in [0.2, 0.25) is 0 Å². The SMILES string of the molecule is CCNC(=NCc1cccc(-c2ncn[nH]2)c1)NCc1sccc1C. The third-order valence-electron chi connectivity index (χ3n) is 3.76. The van der Waals surface area contributed by atoms with Gasteiger partial charge in [-0.1, -0.05) is 18.2 Å². The predicted molar refractivity (Wildman–Crippen MR) is 103 cm³/mol. The summed E-state index contributed by atoms with van der Waals surface area (Å²) >= 11 is 1.76. The van der Waals surface area contributed by atoms with Gasteiger partial charge in [-0.25, -0.2) is 9.98 Å². The monoisotopic (exact) mass is 354 g/mol. The van der Waals surface area contributed by atoms with Crippen molar-refractivity contribution in [1.29, 1.82) is 0 Å². The van der Waals surface area contributed by atoms with Gasteiger partial charge in [-0.05, 0) is 42.5 Å². The summed E-state index contributed by atoms with van der Waals surface area (Å²) < 4.78 is 0. The maximum absolute atomic E-state index is 4.69. The molecule has 0 aliphatic rings. The predicted octanol–water partition coefficient (Wildman–Crippen LogP) is 3.10. The molecule has 1 aromatic carbocycles. The Morgan fingerprint density at radius 2 is 2.20 bits per heavy atom. The van der Waals surface area contributed by atoms with E-state index in [0.29, 0.717) is 6.54 Å². The zero-order chi connectivity index (χ0) is 17.5. The molecule has 0 fully saturated rings. The van der Waals surface area contributed by atoms with Crippen molar-refractivity contribution < 1.29 is 0 Å². The van der Waals surface area contributed by atoms with Crippen molar-refractivity contribution in [2.75, 3.05) is 6.54 Å². The Morgan fingerprint density at radius 1 is 1.28 bits per heavy atom. The molecule has 0 amide bonds. The van der Waals surface area contributed by atoms with E-state index in [9.17, 15) is 0 Å². The van der Waals surface area contributed by atoms with Crippen LogP contribution in [-0.2, 0) is 13.1 Å². The highest BCUT2D eigenvalue weighted by Crippen LogP contribution is 2.16. The van der Waals surface area contributed by atoms with Crippen LogP contribution in [0, 0.1) is 6.92 Å². The van der Waals surface area contributed by atoms with Crippen LogP contribution < -0.4 is 10.6 Å². The van der Waals surface area contributed by atoms with Gasteiger partial charge in [0, 0.05) is 17.0 Å². The van der Waals surface area contributed by atoms with Gasteiger partial charge in [0.1, 0.15) is 6.33 Å². The lowest BCUT2D eigenvalue weighted by Gasteiger charge is -2.11. The first-order chi connectivity index (χ1) is 12.3. The van der Waals surface area contributed by atoms with Crippen LogP contribution in [0.1, 0.15) is 22.9 Å². The minimum absolute atomic E-state index is 0.598. The molecule has 0 atom stereocenters. The maximum Gasteiger partial charge on any atom is 0.191 e. The van der Waals surface area contributed by atoms with Gasteiger partial charge in [0.15, 0.2) is 11.8 Å². The highest BCUT2D eigenvalue weighted by Gasteiger charge is 2.04. The summed E-state index contributed by atoms with van der Waals surface area (Å²) in [6.07, 6.45) is 1.51. The van der Waals surface area contributed by atoms with E-state index in [1.165, 1.54) is 16.8 Å². The van der Waals surface area contributed by atoms with Gasteiger partial charge >= 0.3 is 0 Å². The van der Waals surface area contributed by atoms with Gasteiger partial charge in [0.05, 0.1) is 13.1 Å². The summed E-state index contributed by atoms with van der Waals surface area (Å²) in [5.74, 6) is 1.59. The summed E-state index contributed by atoms with van der Waals surface area (Å²) in [5.41, 5.74) is 3.45. The van der Waals surface area contributed by atoms with Crippen LogP contribution in [-0.4, -0.2) is 27.7 Å². The lowest BCUT2D eigenvalue weighted by molar-refractivity contribution is 0.821. The van der Waals surface area contributed by atoms with Crippen molar-refractivity contribution in [3.8, 4) is 11.4 Å². The highest BCUT2D eigenvalue weighted by atomic mass is 32.1. The smallest absolute Gasteiger partial charge is 0.191 e. The molecule has 0 bridgehead atoms. The Bertz CT molecular complexity index is 822. The summed E-state index contributed by atoms with van der Waals surface area (Å²) in [5, 5.41) is 15.6. The normalized spacial score (nSPS) is 11.5. The van der Waals surface area contributed by atoms with E-state index in [2.05, 4.69) is 68.2 Å². The van der Waals surface area contributed by atoms with Crippen LogP contribution in [0.5, 0.6) is 0 Å². The van der Waals surface area contributed by atoms with Crippen LogP contribution in [0.2, 0.25) is 0 Å². The molecule has 3 aromatic rings. The zero-order valence-corrected chi connectivity index (χ0v) is 15.2. The third-order valence-corrected chi connectivity index (χ3v) is 4.79. The van der Waals surface area contributed by atoms with Gasteiger partial charge in [-0.15, -0.1) is 11.3 Å². The molecule has 7 heteroatoms. The largest absolute Gasteiger partial charge is 0.357 e. The lowest BCUT2D eigenvalue weighted by atomic mass is 10.1. The van der Waals surface area contributed by atoms with Crippen LogP contribution in [0.25, 0.3) is 11.4 Å². The Balaban J connectivity index is 1.67. The van der Waals surface area contributed by atoms with Crippen molar-refractivity contribution >= 4 is 17.3 Å². The summed E-state index contributed by atoms with van der Waals surface area (Å²) in [7, 11) is 0. The molecule has 6 nitrogen and oxygen atoms in total. The number of aromatic amines is 1. The van der Waals surface area contributed by atoms with Crippen LogP contribution >= 0.6 is 11.3 Å². The van der Waals surface area contributed by atoms with E-state index in [-0.39, 0.29) is 0 Å². The number of aryl methyl sites for hydroxylation is 1. The molecule has 0 saturated heterocycles. The number of hydrogen-bond acceptors (Lipinski definition) is 4. The minimum atomic E-state index is 0.598. The molecule has 2 aromatic heterocycles. The number of guanidine groups is 1. The molecular formula is C18H22N6S. The maximum atomic E-state index is 4.69. The van der Waals surface area contributed by atoms with E-state index in [1.807, 2.05) is 12.1 Å². The first kappa shape index (κ1) is 17.2. The fourth-order valence-electron chi connectivity index (χ4n) is 2.42. The Kier molecular flexibility index (Phi) is 5.79. The molecule has 0 aliphatic heterocycles. The average Bonchev–Trinajstić information content (AvgIpc) is 3.29. The van der Waals surface area contributed by atoms with Crippen molar-refractivity contribution in [2.45, 2.75) is 26.9 Å². The van der Waals surface area contributed by atoms with Crippen molar-refractivity contribution in [2.24, 2.45) is 4.99 Å². The van der Waals surface area contributed by atoms with E-state index >= 15 is 0 Å². The van der Waals surface area contributed by atoms with Crippen LogP contribution in [0.3, 0.4) is 0 Å². The summed E-state index contributed by atoms with van der Waals surface area (Å²) in [6.45, 7) is 6.41. The molecule has 2 heterocycles. The van der Waals surface area contributed by atoms with Crippen molar-refractivity contribution in [1.82, 2.24) is 25.8 Å². The first-order valence-electron chi connectivity index (χ1n) is 8.26. The van der Waals surface area contributed by atoms with Gasteiger partial charge in [-0.3, -0.25) is 5.10 Å². The molecule has 0 radical (unpaired) electrons. The number of aliphatic imine (C=N–C) groups is 1.